The third kappa shape index (κ3) is 15.0. The van der Waals surface area contributed by atoms with Crippen molar-refractivity contribution in [3.63, 3.8) is 0 Å². The van der Waals surface area contributed by atoms with Gasteiger partial charge in [0, 0.05) is 26.2 Å². The highest BCUT2D eigenvalue weighted by Gasteiger charge is 2.25. The Hall–Kier alpha value is -1.74. The highest BCUT2D eigenvalue weighted by Crippen LogP contribution is 2.22. The Kier molecular flexibility index (Phi) is 19.4. The van der Waals surface area contributed by atoms with Crippen LogP contribution < -0.4 is 0 Å². The molecule has 0 spiro atoms. The molecule has 0 radical (unpaired) electrons. The molecule has 8 heteroatoms. The summed E-state index contributed by atoms with van der Waals surface area (Å²) >= 11 is 0. The molecule has 0 atom stereocenters. The Balaban J connectivity index is 1.53. The molecule has 1 aliphatic heterocycles. The fourth-order valence-electron chi connectivity index (χ4n) is 6.76. The predicted molar refractivity (Wildman–Crippen MR) is 201 cm³/mol. The van der Waals surface area contributed by atoms with E-state index >= 15 is 0 Å². The number of hydrogen-bond acceptors (Lipinski definition) is 4. The highest BCUT2D eigenvalue weighted by molar-refractivity contribution is 7.89. The van der Waals surface area contributed by atoms with E-state index in [0.29, 0.717) is 36.0 Å². The number of aryl methyl sites for hydroxylation is 2. The fraction of sp³-hybridized carbons (Fsp3) is 0.700. The van der Waals surface area contributed by atoms with Crippen molar-refractivity contribution in [2.45, 2.75) is 165 Å². The number of benzene rings is 2. The number of sulfonamides is 2. The first kappa shape index (κ1) is 40.7. The minimum absolute atomic E-state index is 0.407. The second kappa shape index (κ2) is 22.9. The van der Waals surface area contributed by atoms with Crippen molar-refractivity contribution >= 4 is 20.0 Å². The van der Waals surface area contributed by atoms with Crippen molar-refractivity contribution in [3.05, 3.63) is 59.7 Å². The maximum atomic E-state index is 13.6. The van der Waals surface area contributed by atoms with Crippen molar-refractivity contribution in [2.24, 2.45) is 0 Å². The zero-order valence-electron chi connectivity index (χ0n) is 30.3. The molecular formula is C40H66N2O4S2. The Morgan fingerprint density at radius 3 is 0.729 bits per heavy atom. The van der Waals surface area contributed by atoms with E-state index in [4.69, 9.17) is 0 Å². The lowest BCUT2D eigenvalue weighted by Gasteiger charge is -2.23. The minimum atomic E-state index is -3.49. The van der Waals surface area contributed by atoms with E-state index in [1.807, 2.05) is 38.1 Å². The molecule has 2 aromatic carbocycles. The maximum absolute atomic E-state index is 13.6. The van der Waals surface area contributed by atoms with Crippen LogP contribution in [0.1, 0.15) is 152 Å². The quantitative estimate of drug-likeness (QED) is 0.318. The average Bonchev–Trinajstić information content (AvgIpc) is 3.06. The van der Waals surface area contributed by atoms with Gasteiger partial charge in [-0.1, -0.05) is 151 Å². The minimum Gasteiger partial charge on any atom is -0.207 e. The van der Waals surface area contributed by atoms with Gasteiger partial charge < -0.3 is 0 Å². The van der Waals surface area contributed by atoms with Crippen LogP contribution in [0.4, 0.5) is 0 Å². The van der Waals surface area contributed by atoms with Gasteiger partial charge in [-0.3, -0.25) is 0 Å². The zero-order valence-corrected chi connectivity index (χ0v) is 32.0. The summed E-state index contributed by atoms with van der Waals surface area (Å²) in [7, 11) is -6.98. The molecule has 2 aromatic rings. The van der Waals surface area contributed by atoms with Gasteiger partial charge in [-0.2, -0.15) is 8.61 Å². The number of hydrogen-bond donors (Lipinski definition) is 0. The van der Waals surface area contributed by atoms with E-state index in [9.17, 15) is 16.8 Å². The SMILES string of the molecule is Cc1ccc(S(=O)(=O)N2CCCCCCCCCCCCCCCCN(S(=O)(=O)c3ccc(C)cc3)CCCCCCCCCC2)cc1. The van der Waals surface area contributed by atoms with Crippen molar-refractivity contribution in [1.82, 2.24) is 8.61 Å². The topological polar surface area (TPSA) is 74.8 Å². The fourth-order valence-corrected chi connectivity index (χ4v) is 9.79. The molecule has 0 N–H and O–H groups in total. The van der Waals surface area contributed by atoms with Crippen molar-refractivity contribution in [2.75, 3.05) is 26.2 Å². The zero-order chi connectivity index (χ0) is 34.5. The van der Waals surface area contributed by atoms with Crippen LogP contribution in [0.25, 0.3) is 0 Å². The molecule has 0 aliphatic carbocycles. The summed E-state index contributed by atoms with van der Waals surface area (Å²) in [6.45, 7) is 6.35. The van der Waals surface area contributed by atoms with Crippen LogP contribution in [-0.2, 0) is 20.0 Å². The first-order valence-corrected chi connectivity index (χ1v) is 22.2. The van der Waals surface area contributed by atoms with Gasteiger partial charge in [-0.25, -0.2) is 16.8 Å². The summed E-state index contributed by atoms with van der Waals surface area (Å²) in [5.74, 6) is 0. The molecule has 0 amide bonds. The standard InChI is InChI=1S/C40H66N2O4S2/c1-37-25-29-39(30-26-37)47(43,44)41-33-21-17-13-9-7-5-3-4-6-8-10-14-18-22-34-42(36-24-20-16-12-11-15-19-23-35-41)48(45,46)40-31-27-38(2)28-32-40/h25-32H,3-24,33-36H2,1-2H3. The third-order valence-corrected chi connectivity index (χ3v) is 13.8. The monoisotopic (exact) mass is 702 g/mol. The molecule has 0 saturated carbocycles. The lowest BCUT2D eigenvalue weighted by Crippen LogP contribution is -2.33. The van der Waals surface area contributed by atoms with Gasteiger partial charge in [0.1, 0.15) is 0 Å². The van der Waals surface area contributed by atoms with Crippen molar-refractivity contribution in [3.8, 4) is 0 Å². The molecule has 0 aromatic heterocycles. The summed E-state index contributed by atoms with van der Waals surface area (Å²) in [4.78, 5) is 0.814. The molecule has 1 saturated heterocycles. The largest absolute Gasteiger partial charge is 0.243 e. The van der Waals surface area contributed by atoms with E-state index in [0.717, 1.165) is 88.2 Å². The lowest BCUT2D eigenvalue weighted by molar-refractivity contribution is 0.378. The van der Waals surface area contributed by atoms with Crippen LogP contribution in [-0.4, -0.2) is 51.6 Å². The van der Waals surface area contributed by atoms with Crippen molar-refractivity contribution < 1.29 is 16.8 Å². The van der Waals surface area contributed by atoms with E-state index < -0.39 is 20.0 Å². The summed E-state index contributed by atoms with van der Waals surface area (Å²) < 4.78 is 57.7. The molecule has 0 bridgehead atoms. The molecule has 1 fully saturated rings. The van der Waals surface area contributed by atoms with Gasteiger partial charge in [0.15, 0.2) is 0 Å². The highest BCUT2D eigenvalue weighted by atomic mass is 32.2. The van der Waals surface area contributed by atoms with Gasteiger partial charge in [0.25, 0.3) is 0 Å². The summed E-state index contributed by atoms with van der Waals surface area (Å²) in [6.07, 6.45) is 24.9. The number of rotatable bonds is 4. The average molecular weight is 703 g/mol. The van der Waals surface area contributed by atoms with Crippen LogP contribution in [0.2, 0.25) is 0 Å². The Morgan fingerprint density at radius 2 is 0.521 bits per heavy atom. The molecule has 0 unspecified atom stereocenters. The van der Waals surface area contributed by atoms with Crippen LogP contribution in [0.5, 0.6) is 0 Å². The molecule has 3 rings (SSSR count). The van der Waals surface area contributed by atoms with Crippen LogP contribution in [0.3, 0.4) is 0 Å². The second-order valence-electron chi connectivity index (χ2n) is 14.2. The van der Waals surface area contributed by atoms with Gasteiger partial charge in [-0.05, 0) is 63.8 Å². The first-order chi connectivity index (χ1) is 23.2. The van der Waals surface area contributed by atoms with E-state index in [2.05, 4.69) is 0 Å². The van der Waals surface area contributed by atoms with Crippen LogP contribution in [0.15, 0.2) is 58.3 Å². The number of nitrogens with zero attached hydrogens (tertiary/aromatic N) is 2. The van der Waals surface area contributed by atoms with Gasteiger partial charge in [0.05, 0.1) is 9.79 Å². The Bertz CT molecular complexity index is 1240. The predicted octanol–water partition coefficient (Wildman–Crippen LogP) is 10.6. The normalized spacial score (nSPS) is 20.4. The molecule has 48 heavy (non-hydrogen) atoms. The van der Waals surface area contributed by atoms with Gasteiger partial charge in [0.2, 0.25) is 20.0 Å². The van der Waals surface area contributed by atoms with Gasteiger partial charge in [-0.15, -0.1) is 0 Å². The Morgan fingerprint density at radius 1 is 0.333 bits per heavy atom. The summed E-state index contributed by atoms with van der Waals surface area (Å²) in [5.41, 5.74) is 2.14. The molecular weight excluding hydrogens is 637 g/mol. The maximum Gasteiger partial charge on any atom is 0.243 e. The first-order valence-electron chi connectivity index (χ1n) is 19.3. The van der Waals surface area contributed by atoms with Crippen molar-refractivity contribution in [1.29, 1.82) is 0 Å². The Labute approximate surface area is 295 Å². The second-order valence-corrected chi connectivity index (χ2v) is 18.1. The van der Waals surface area contributed by atoms with Crippen LogP contribution in [0, 0.1) is 13.8 Å². The smallest absolute Gasteiger partial charge is 0.207 e. The summed E-state index contributed by atoms with van der Waals surface area (Å²) in [5, 5.41) is 0. The summed E-state index contributed by atoms with van der Waals surface area (Å²) in [6, 6.07) is 14.6. The molecule has 6 nitrogen and oxygen atoms in total. The molecule has 1 heterocycles. The van der Waals surface area contributed by atoms with Gasteiger partial charge >= 0.3 is 0 Å². The van der Waals surface area contributed by atoms with E-state index in [1.54, 1.807) is 32.9 Å². The lowest BCUT2D eigenvalue weighted by atomic mass is 10.0. The molecule has 1 aliphatic rings. The van der Waals surface area contributed by atoms with Crippen LogP contribution >= 0.6 is 0 Å². The van der Waals surface area contributed by atoms with E-state index in [1.165, 1.54) is 64.2 Å². The molecule has 272 valence electrons. The third-order valence-electron chi connectivity index (χ3n) is 9.95. The van der Waals surface area contributed by atoms with E-state index in [-0.39, 0.29) is 0 Å².